The number of quaternary nitrogens is 1. The zero-order valence-electron chi connectivity index (χ0n) is 15.7. The van der Waals surface area contributed by atoms with Crippen LogP contribution < -0.4 is 19.7 Å². The summed E-state index contributed by atoms with van der Waals surface area (Å²) in [7, 11) is 3.22. The van der Waals surface area contributed by atoms with Gasteiger partial charge in [0.15, 0.2) is 17.5 Å². The van der Waals surface area contributed by atoms with Crippen molar-refractivity contribution in [2.24, 2.45) is 0 Å². The van der Waals surface area contributed by atoms with Gasteiger partial charge in [-0.05, 0) is 30.2 Å². The van der Waals surface area contributed by atoms with Crippen LogP contribution >= 0.6 is 0 Å². The van der Waals surface area contributed by atoms with Crippen molar-refractivity contribution in [3.8, 4) is 11.5 Å². The Morgan fingerprint density at radius 3 is 2.58 bits per heavy atom. The highest BCUT2D eigenvalue weighted by atomic mass is 16.5. The highest BCUT2D eigenvalue weighted by molar-refractivity contribution is 5.79. The smallest absolute Gasteiger partial charge is 0.278 e. The van der Waals surface area contributed by atoms with Crippen molar-refractivity contribution in [1.82, 2.24) is 5.32 Å². The SMILES string of the molecule is COc1ccc(CNC(=O)[C@@H](C)[NH+]2CCc3ccccc3C2)cc1OC. The third kappa shape index (κ3) is 3.99. The van der Waals surface area contributed by atoms with Crippen LogP contribution in [0.25, 0.3) is 0 Å². The number of hydrogen-bond acceptors (Lipinski definition) is 3. The lowest BCUT2D eigenvalue weighted by molar-refractivity contribution is -0.929. The molecule has 2 aromatic carbocycles. The van der Waals surface area contributed by atoms with Crippen LogP contribution in [0.1, 0.15) is 23.6 Å². The Balaban J connectivity index is 1.58. The summed E-state index contributed by atoms with van der Waals surface area (Å²) in [6.07, 6.45) is 1.03. The topological polar surface area (TPSA) is 52.0 Å². The number of amides is 1. The molecule has 0 saturated heterocycles. The molecule has 1 aliphatic rings. The lowest BCUT2D eigenvalue weighted by atomic mass is 9.99. The normalized spacial score (nSPS) is 17.1. The first-order valence-corrected chi connectivity index (χ1v) is 9.02. The zero-order valence-corrected chi connectivity index (χ0v) is 15.7. The number of nitrogens with one attached hydrogen (secondary N) is 2. The molecule has 1 amide bonds. The molecule has 26 heavy (non-hydrogen) atoms. The molecule has 0 aliphatic carbocycles. The molecule has 3 rings (SSSR count). The average molecular weight is 355 g/mol. The maximum absolute atomic E-state index is 12.6. The lowest BCUT2D eigenvalue weighted by Crippen LogP contribution is -3.16. The van der Waals surface area contributed by atoms with E-state index in [2.05, 4.69) is 29.6 Å². The van der Waals surface area contributed by atoms with Gasteiger partial charge < -0.3 is 19.7 Å². The minimum Gasteiger partial charge on any atom is -0.493 e. The van der Waals surface area contributed by atoms with Crippen molar-refractivity contribution in [2.75, 3.05) is 20.8 Å². The van der Waals surface area contributed by atoms with Gasteiger partial charge in [-0.1, -0.05) is 30.3 Å². The number of fused-ring (bicyclic) bond motifs is 1. The van der Waals surface area contributed by atoms with Gasteiger partial charge in [0, 0.05) is 18.5 Å². The monoisotopic (exact) mass is 355 g/mol. The summed E-state index contributed by atoms with van der Waals surface area (Å²) in [5.74, 6) is 1.44. The van der Waals surface area contributed by atoms with Crippen LogP contribution in [0.15, 0.2) is 42.5 Å². The van der Waals surface area contributed by atoms with E-state index in [4.69, 9.17) is 9.47 Å². The zero-order chi connectivity index (χ0) is 18.5. The van der Waals surface area contributed by atoms with Gasteiger partial charge in [0.1, 0.15) is 6.54 Å². The van der Waals surface area contributed by atoms with Crippen LogP contribution in [-0.4, -0.2) is 32.7 Å². The molecule has 5 nitrogen and oxygen atoms in total. The molecule has 1 aliphatic heterocycles. The number of hydrogen-bond donors (Lipinski definition) is 2. The number of carbonyl (C=O) groups is 1. The number of rotatable bonds is 6. The van der Waals surface area contributed by atoms with E-state index in [1.54, 1.807) is 14.2 Å². The predicted octanol–water partition coefficient (Wildman–Crippen LogP) is 1.35. The maximum atomic E-state index is 12.6. The second kappa shape index (κ2) is 8.23. The molecule has 138 valence electrons. The average Bonchev–Trinajstić information content (AvgIpc) is 2.70. The Morgan fingerprint density at radius 2 is 1.85 bits per heavy atom. The number of methoxy groups -OCH3 is 2. The Kier molecular flexibility index (Phi) is 5.78. The van der Waals surface area contributed by atoms with E-state index in [9.17, 15) is 4.79 Å². The maximum Gasteiger partial charge on any atom is 0.278 e. The molecule has 0 fully saturated rings. The summed E-state index contributed by atoms with van der Waals surface area (Å²) in [4.78, 5) is 13.9. The molecule has 2 atom stereocenters. The minimum absolute atomic E-state index is 0.0779. The van der Waals surface area contributed by atoms with Gasteiger partial charge in [-0.3, -0.25) is 4.79 Å². The first kappa shape index (κ1) is 18.3. The fourth-order valence-electron chi connectivity index (χ4n) is 3.49. The molecular weight excluding hydrogens is 328 g/mol. The van der Waals surface area contributed by atoms with E-state index in [1.165, 1.54) is 16.0 Å². The Labute approximate surface area is 154 Å². The van der Waals surface area contributed by atoms with Crippen molar-refractivity contribution >= 4 is 5.91 Å². The molecule has 0 aromatic heterocycles. The van der Waals surface area contributed by atoms with Crippen LogP contribution in [0.4, 0.5) is 0 Å². The molecule has 0 spiro atoms. The van der Waals surface area contributed by atoms with Crippen molar-refractivity contribution in [2.45, 2.75) is 32.5 Å². The van der Waals surface area contributed by atoms with E-state index in [0.29, 0.717) is 18.0 Å². The third-order valence-corrected chi connectivity index (χ3v) is 5.17. The molecule has 0 bridgehead atoms. The van der Waals surface area contributed by atoms with Crippen LogP contribution in [-0.2, 0) is 24.3 Å². The van der Waals surface area contributed by atoms with Crippen molar-refractivity contribution in [1.29, 1.82) is 0 Å². The van der Waals surface area contributed by atoms with Crippen molar-refractivity contribution < 1.29 is 19.2 Å². The fourth-order valence-corrected chi connectivity index (χ4v) is 3.49. The molecule has 1 heterocycles. The fraction of sp³-hybridized carbons (Fsp3) is 0.381. The minimum atomic E-state index is -0.0801. The predicted molar refractivity (Wildman–Crippen MR) is 101 cm³/mol. The van der Waals surface area contributed by atoms with E-state index >= 15 is 0 Å². The molecule has 0 saturated carbocycles. The largest absolute Gasteiger partial charge is 0.493 e. The summed E-state index contributed by atoms with van der Waals surface area (Å²) in [6, 6.07) is 14.1. The molecule has 5 heteroatoms. The van der Waals surface area contributed by atoms with E-state index in [0.717, 1.165) is 25.1 Å². The van der Waals surface area contributed by atoms with Crippen molar-refractivity contribution in [3.05, 3.63) is 59.2 Å². The second-order valence-corrected chi connectivity index (χ2v) is 6.73. The number of carbonyl (C=O) groups excluding carboxylic acids is 1. The van der Waals surface area contributed by atoms with Crippen LogP contribution in [0.3, 0.4) is 0 Å². The number of benzene rings is 2. The van der Waals surface area contributed by atoms with Crippen LogP contribution in [0.5, 0.6) is 11.5 Å². The molecule has 1 unspecified atom stereocenters. The molecule has 2 aromatic rings. The molecular formula is C21H27N2O3+. The standard InChI is InChI=1S/C21H26N2O3/c1-15(23-11-10-17-6-4-5-7-18(17)14-23)21(24)22-13-16-8-9-19(25-2)20(12-16)26-3/h4-9,12,15H,10-11,13-14H2,1-3H3,(H,22,24)/p+1/t15-/m1/s1. The van der Waals surface area contributed by atoms with Crippen LogP contribution in [0.2, 0.25) is 0 Å². The highest BCUT2D eigenvalue weighted by Crippen LogP contribution is 2.27. The summed E-state index contributed by atoms with van der Waals surface area (Å²) >= 11 is 0. The Morgan fingerprint density at radius 1 is 1.12 bits per heavy atom. The van der Waals surface area contributed by atoms with Gasteiger partial charge >= 0.3 is 0 Å². The van der Waals surface area contributed by atoms with E-state index < -0.39 is 0 Å². The van der Waals surface area contributed by atoms with E-state index in [-0.39, 0.29) is 11.9 Å². The quantitative estimate of drug-likeness (QED) is 0.822. The Bertz CT molecular complexity index is 776. The third-order valence-electron chi connectivity index (χ3n) is 5.17. The highest BCUT2D eigenvalue weighted by Gasteiger charge is 2.28. The Hall–Kier alpha value is -2.53. The molecule has 2 N–H and O–H groups in total. The number of ether oxygens (including phenoxy) is 2. The first-order chi connectivity index (χ1) is 12.6. The second-order valence-electron chi connectivity index (χ2n) is 6.73. The van der Waals surface area contributed by atoms with Gasteiger partial charge in [-0.2, -0.15) is 0 Å². The van der Waals surface area contributed by atoms with Gasteiger partial charge in [0.05, 0.1) is 20.8 Å². The summed E-state index contributed by atoms with van der Waals surface area (Å²) in [5, 5.41) is 3.05. The summed E-state index contributed by atoms with van der Waals surface area (Å²) in [5.41, 5.74) is 3.75. The molecule has 0 radical (unpaired) electrons. The van der Waals surface area contributed by atoms with E-state index in [1.807, 2.05) is 25.1 Å². The first-order valence-electron chi connectivity index (χ1n) is 9.02. The lowest BCUT2D eigenvalue weighted by Gasteiger charge is -2.30. The van der Waals surface area contributed by atoms with Gasteiger partial charge in [0.2, 0.25) is 0 Å². The van der Waals surface area contributed by atoms with Crippen LogP contribution in [0, 0.1) is 0 Å². The summed E-state index contributed by atoms with van der Waals surface area (Å²) in [6.45, 7) is 4.38. The van der Waals surface area contributed by atoms with Gasteiger partial charge in [-0.15, -0.1) is 0 Å². The van der Waals surface area contributed by atoms with Crippen molar-refractivity contribution in [3.63, 3.8) is 0 Å². The van der Waals surface area contributed by atoms with Gasteiger partial charge in [-0.25, -0.2) is 0 Å². The summed E-state index contributed by atoms with van der Waals surface area (Å²) < 4.78 is 10.6. The van der Waals surface area contributed by atoms with Gasteiger partial charge in [0.25, 0.3) is 5.91 Å².